The summed E-state index contributed by atoms with van der Waals surface area (Å²) < 4.78 is 5.01. The monoisotopic (exact) mass is 232 g/mol. The third-order valence-electron chi connectivity index (χ3n) is 2.79. The van der Waals surface area contributed by atoms with Crippen molar-refractivity contribution in [2.45, 2.75) is 38.1 Å². The van der Waals surface area contributed by atoms with Gasteiger partial charge in [-0.1, -0.05) is 6.42 Å². The number of nitrogens with two attached hydrogens (primary N) is 1. The Morgan fingerprint density at radius 2 is 1.88 bits per heavy atom. The summed E-state index contributed by atoms with van der Waals surface area (Å²) >= 11 is 0. The normalized spacial score (nSPS) is 15.4. The SMILES string of the molecule is COCCCN(C)CCCCC(C)(N)CO. The fourth-order valence-corrected chi connectivity index (χ4v) is 1.58. The lowest BCUT2D eigenvalue weighted by Crippen LogP contribution is -2.40. The molecule has 0 heterocycles. The number of methoxy groups -OCH3 is 1. The maximum absolute atomic E-state index is 9.00. The summed E-state index contributed by atoms with van der Waals surface area (Å²) in [6.07, 6.45) is 4.17. The zero-order chi connectivity index (χ0) is 12.4. The molecule has 3 N–H and O–H groups in total. The van der Waals surface area contributed by atoms with Gasteiger partial charge in [-0.15, -0.1) is 0 Å². The number of hydrogen-bond donors (Lipinski definition) is 2. The Morgan fingerprint density at radius 3 is 2.44 bits per heavy atom. The molecule has 16 heavy (non-hydrogen) atoms. The van der Waals surface area contributed by atoms with Gasteiger partial charge >= 0.3 is 0 Å². The summed E-state index contributed by atoms with van der Waals surface area (Å²) in [5, 5.41) is 9.00. The maximum Gasteiger partial charge on any atom is 0.0608 e. The molecule has 0 aromatic rings. The van der Waals surface area contributed by atoms with Crippen LogP contribution in [0.2, 0.25) is 0 Å². The molecule has 0 radical (unpaired) electrons. The predicted octanol–water partition coefficient (Wildman–Crippen LogP) is 0.835. The highest BCUT2D eigenvalue weighted by molar-refractivity contribution is 4.76. The first kappa shape index (κ1) is 15.8. The highest BCUT2D eigenvalue weighted by Crippen LogP contribution is 2.09. The van der Waals surface area contributed by atoms with Gasteiger partial charge in [-0.25, -0.2) is 0 Å². The van der Waals surface area contributed by atoms with Crippen LogP contribution in [0.15, 0.2) is 0 Å². The van der Waals surface area contributed by atoms with E-state index in [1.807, 2.05) is 6.92 Å². The molecule has 1 unspecified atom stereocenters. The fourth-order valence-electron chi connectivity index (χ4n) is 1.58. The van der Waals surface area contributed by atoms with Crippen LogP contribution in [0.25, 0.3) is 0 Å². The minimum absolute atomic E-state index is 0.0661. The van der Waals surface area contributed by atoms with Crippen LogP contribution in [0.5, 0.6) is 0 Å². The molecule has 0 aliphatic rings. The highest BCUT2D eigenvalue weighted by atomic mass is 16.5. The van der Waals surface area contributed by atoms with Crippen molar-refractivity contribution in [3.8, 4) is 0 Å². The third-order valence-corrected chi connectivity index (χ3v) is 2.79. The number of ether oxygens (including phenoxy) is 1. The standard InChI is InChI=1S/C12H28N2O2/c1-12(13,11-15)7-4-5-8-14(2)9-6-10-16-3/h15H,4-11,13H2,1-3H3. The first-order valence-electron chi connectivity index (χ1n) is 6.09. The highest BCUT2D eigenvalue weighted by Gasteiger charge is 2.15. The second-order valence-corrected chi connectivity index (χ2v) is 4.92. The molecule has 0 saturated carbocycles. The van der Waals surface area contributed by atoms with Gasteiger partial charge in [-0.3, -0.25) is 0 Å². The second kappa shape index (κ2) is 8.93. The summed E-state index contributed by atoms with van der Waals surface area (Å²) in [7, 11) is 3.86. The van der Waals surface area contributed by atoms with Crippen molar-refractivity contribution in [1.82, 2.24) is 4.90 Å². The quantitative estimate of drug-likeness (QED) is 0.548. The van der Waals surface area contributed by atoms with Gasteiger partial charge in [0, 0.05) is 25.8 Å². The Bertz CT molecular complexity index is 163. The van der Waals surface area contributed by atoms with Crippen molar-refractivity contribution < 1.29 is 9.84 Å². The van der Waals surface area contributed by atoms with Gasteiger partial charge in [0.15, 0.2) is 0 Å². The third kappa shape index (κ3) is 9.09. The lowest BCUT2D eigenvalue weighted by molar-refractivity contribution is 0.176. The summed E-state index contributed by atoms with van der Waals surface area (Å²) in [6, 6.07) is 0. The second-order valence-electron chi connectivity index (χ2n) is 4.92. The molecule has 0 amide bonds. The molecule has 0 fully saturated rings. The van der Waals surface area contributed by atoms with Crippen LogP contribution in [0.1, 0.15) is 32.6 Å². The zero-order valence-corrected chi connectivity index (χ0v) is 11.0. The largest absolute Gasteiger partial charge is 0.394 e. The Hall–Kier alpha value is -0.160. The number of hydrogen-bond acceptors (Lipinski definition) is 4. The van der Waals surface area contributed by atoms with E-state index >= 15 is 0 Å². The molecule has 0 aromatic carbocycles. The van der Waals surface area contributed by atoms with Crippen LogP contribution in [0.3, 0.4) is 0 Å². The average Bonchev–Trinajstić information content (AvgIpc) is 2.25. The van der Waals surface area contributed by atoms with Crippen LogP contribution in [-0.4, -0.2) is 56.0 Å². The molecule has 4 heteroatoms. The van der Waals surface area contributed by atoms with Crippen molar-refractivity contribution in [2.24, 2.45) is 5.73 Å². The molecule has 98 valence electrons. The summed E-state index contributed by atoms with van der Waals surface area (Å²) in [6.45, 7) is 4.96. The van der Waals surface area contributed by atoms with E-state index in [0.717, 1.165) is 45.4 Å². The smallest absolute Gasteiger partial charge is 0.0608 e. The van der Waals surface area contributed by atoms with E-state index in [4.69, 9.17) is 15.6 Å². The molecule has 0 aliphatic heterocycles. The Kier molecular flexibility index (Phi) is 8.84. The van der Waals surface area contributed by atoms with E-state index in [2.05, 4.69) is 11.9 Å². The van der Waals surface area contributed by atoms with E-state index in [-0.39, 0.29) is 6.61 Å². The minimum Gasteiger partial charge on any atom is -0.394 e. The molecular weight excluding hydrogens is 204 g/mol. The Balaban J connectivity index is 3.37. The van der Waals surface area contributed by atoms with E-state index < -0.39 is 5.54 Å². The van der Waals surface area contributed by atoms with Crippen molar-refractivity contribution >= 4 is 0 Å². The Labute approximate surface area is 99.8 Å². The van der Waals surface area contributed by atoms with Crippen LogP contribution in [0.4, 0.5) is 0 Å². The van der Waals surface area contributed by atoms with Crippen LogP contribution >= 0.6 is 0 Å². The first-order chi connectivity index (χ1) is 7.52. The van der Waals surface area contributed by atoms with Crippen LogP contribution in [-0.2, 0) is 4.74 Å². The van der Waals surface area contributed by atoms with E-state index in [1.54, 1.807) is 7.11 Å². The zero-order valence-electron chi connectivity index (χ0n) is 11.0. The van der Waals surface area contributed by atoms with Crippen LogP contribution in [0, 0.1) is 0 Å². The van der Waals surface area contributed by atoms with Gasteiger partial charge in [-0.2, -0.15) is 0 Å². The van der Waals surface area contributed by atoms with Gasteiger partial charge in [0.1, 0.15) is 0 Å². The number of aliphatic hydroxyl groups excluding tert-OH is 1. The van der Waals surface area contributed by atoms with Crippen molar-refractivity contribution in [3.05, 3.63) is 0 Å². The molecular formula is C12H28N2O2. The molecule has 0 bridgehead atoms. The molecule has 4 nitrogen and oxygen atoms in total. The summed E-state index contributed by atoms with van der Waals surface area (Å²) in [5.41, 5.74) is 5.44. The van der Waals surface area contributed by atoms with Gasteiger partial charge in [-0.05, 0) is 39.8 Å². The summed E-state index contributed by atoms with van der Waals surface area (Å²) in [5.74, 6) is 0. The molecule has 0 rings (SSSR count). The number of aliphatic hydroxyl groups is 1. The molecule has 0 aliphatic carbocycles. The lowest BCUT2D eigenvalue weighted by atomic mass is 9.97. The number of nitrogens with zero attached hydrogens (tertiary/aromatic N) is 1. The van der Waals surface area contributed by atoms with Gasteiger partial charge in [0.2, 0.25) is 0 Å². The van der Waals surface area contributed by atoms with Crippen LogP contribution < -0.4 is 5.73 Å². The maximum atomic E-state index is 9.00. The topological polar surface area (TPSA) is 58.7 Å². The van der Waals surface area contributed by atoms with E-state index in [9.17, 15) is 0 Å². The Morgan fingerprint density at radius 1 is 1.25 bits per heavy atom. The van der Waals surface area contributed by atoms with Crippen molar-refractivity contribution in [1.29, 1.82) is 0 Å². The lowest BCUT2D eigenvalue weighted by Gasteiger charge is -2.22. The molecule has 0 spiro atoms. The number of unbranched alkanes of at least 4 members (excludes halogenated alkanes) is 1. The fraction of sp³-hybridized carbons (Fsp3) is 1.00. The minimum atomic E-state index is -0.408. The van der Waals surface area contributed by atoms with Gasteiger partial charge in [0.25, 0.3) is 0 Å². The summed E-state index contributed by atoms with van der Waals surface area (Å²) in [4.78, 5) is 2.31. The van der Waals surface area contributed by atoms with Gasteiger partial charge < -0.3 is 20.5 Å². The molecule has 1 atom stereocenters. The average molecular weight is 232 g/mol. The van der Waals surface area contributed by atoms with Crippen molar-refractivity contribution in [3.63, 3.8) is 0 Å². The van der Waals surface area contributed by atoms with Gasteiger partial charge in [0.05, 0.1) is 6.61 Å². The predicted molar refractivity (Wildman–Crippen MR) is 67.5 cm³/mol. The van der Waals surface area contributed by atoms with Crippen molar-refractivity contribution in [2.75, 3.05) is 40.5 Å². The molecule has 0 aromatic heterocycles. The van der Waals surface area contributed by atoms with E-state index in [1.165, 1.54) is 0 Å². The number of rotatable bonds is 10. The van der Waals surface area contributed by atoms with E-state index in [0.29, 0.717) is 0 Å². The molecule has 0 saturated heterocycles. The first-order valence-corrected chi connectivity index (χ1v) is 6.09.